The minimum absolute atomic E-state index is 0.0802. The van der Waals surface area contributed by atoms with E-state index in [0.717, 1.165) is 6.42 Å². The number of hydrogen-bond donors (Lipinski definition) is 2. The monoisotopic (exact) mass is 745 g/mol. The Morgan fingerprint density at radius 2 is 1.49 bits per heavy atom. The van der Waals surface area contributed by atoms with Crippen LogP contribution in [0.25, 0.3) is 0 Å². The summed E-state index contributed by atoms with van der Waals surface area (Å²) in [6.07, 6.45) is -3.57. The number of benzene rings is 2. The van der Waals surface area contributed by atoms with Crippen molar-refractivity contribution in [1.29, 1.82) is 0 Å². The zero-order valence-electron chi connectivity index (χ0n) is 27.8. The summed E-state index contributed by atoms with van der Waals surface area (Å²) in [4.78, 5) is 53.1. The lowest BCUT2D eigenvalue weighted by Gasteiger charge is -2.23. The maximum absolute atomic E-state index is 12.8. The van der Waals surface area contributed by atoms with Crippen molar-refractivity contribution in [1.82, 2.24) is 14.7 Å². The summed E-state index contributed by atoms with van der Waals surface area (Å²) < 4.78 is 79.4. The van der Waals surface area contributed by atoms with Gasteiger partial charge in [-0.1, -0.05) is 31.5 Å². The van der Waals surface area contributed by atoms with Crippen molar-refractivity contribution in [2.45, 2.75) is 38.6 Å². The third-order valence-electron chi connectivity index (χ3n) is 6.61. The van der Waals surface area contributed by atoms with Crippen LogP contribution in [0.5, 0.6) is 11.8 Å². The molecule has 0 aliphatic rings. The molecular weight excluding hydrogens is 711 g/mol. The van der Waals surface area contributed by atoms with Gasteiger partial charge in [0.05, 0.1) is 54.1 Å². The number of alkyl halides is 3. The number of nitrogens with one attached hydrogen (secondary N) is 2. The number of sulfonamides is 1. The zero-order chi connectivity index (χ0) is 38.5. The van der Waals surface area contributed by atoms with Crippen molar-refractivity contribution >= 4 is 45.0 Å². The molecule has 2 amide bonds. The van der Waals surface area contributed by atoms with Crippen molar-refractivity contribution in [2.75, 3.05) is 44.6 Å². The van der Waals surface area contributed by atoms with Gasteiger partial charge < -0.3 is 19.1 Å². The van der Waals surface area contributed by atoms with Crippen LogP contribution in [0.3, 0.4) is 0 Å². The predicted molar refractivity (Wildman–Crippen MR) is 175 cm³/mol. The molecule has 3 rings (SSSR count). The van der Waals surface area contributed by atoms with E-state index in [-0.39, 0.29) is 47.6 Å². The van der Waals surface area contributed by atoms with Gasteiger partial charge in [0.1, 0.15) is 0 Å². The number of aromatic nitrogens is 2. The molecule has 0 atom stereocenters. The van der Waals surface area contributed by atoms with Crippen LogP contribution in [0.1, 0.15) is 48.2 Å². The molecule has 0 unspecified atom stereocenters. The van der Waals surface area contributed by atoms with Gasteiger partial charge in [-0.25, -0.2) is 22.7 Å². The van der Waals surface area contributed by atoms with Crippen LogP contribution in [-0.2, 0) is 26.7 Å². The highest BCUT2D eigenvalue weighted by Crippen LogP contribution is 2.43. The summed E-state index contributed by atoms with van der Waals surface area (Å²) in [5.74, 6) is -1.31. The standard InChI is InChI=1S/C16H18N4O7S.C13H16F3N3O4/c1-25-12-8-13(26-2)18-15(17-12)19-16(22)20-28(23,24)9-10-6-4-5-7-11(10)14(21)27-3;1-3-5-6-17(4-2)12-10(18(20)21)7-9(13(14,15)16)8-11(12)19(22)23/h4-8H,9H2,1-3H3,(H2,17,18,19,20,22);7-8H,3-6H2,1-2H3. The molecule has 0 saturated carbocycles. The summed E-state index contributed by atoms with van der Waals surface area (Å²) >= 11 is 0. The van der Waals surface area contributed by atoms with E-state index in [1.54, 1.807) is 19.1 Å². The van der Waals surface area contributed by atoms with E-state index < -0.39 is 60.7 Å². The molecule has 22 heteroatoms. The van der Waals surface area contributed by atoms with Crippen molar-refractivity contribution in [3.05, 3.63) is 79.4 Å². The second-order valence-electron chi connectivity index (χ2n) is 10.0. The fraction of sp³-hybridized carbons (Fsp3) is 0.379. The summed E-state index contributed by atoms with van der Waals surface area (Å²) in [5, 5.41) is 24.5. The minimum Gasteiger partial charge on any atom is -0.481 e. The Bertz CT molecular complexity index is 1790. The Morgan fingerprint density at radius 3 is 1.94 bits per heavy atom. The Labute approximate surface area is 289 Å². The highest BCUT2D eigenvalue weighted by atomic mass is 32.2. The topological polar surface area (TPSA) is 235 Å². The van der Waals surface area contributed by atoms with Crippen LogP contribution < -0.4 is 24.4 Å². The average molecular weight is 746 g/mol. The Balaban J connectivity index is 0.000000361. The van der Waals surface area contributed by atoms with Crippen molar-refractivity contribution < 1.29 is 55.2 Å². The Kier molecular flexibility index (Phi) is 14.8. The molecule has 2 aromatic carbocycles. The first-order chi connectivity index (χ1) is 23.9. The lowest BCUT2D eigenvalue weighted by Crippen LogP contribution is -2.36. The summed E-state index contributed by atoms with van der Waals surface area (Å²) in [5.41, 5.74) is -3.37. The fourth-order valence-corrected chi connectivity index (χ4v) is 5.35. The molecule has 278 valence electrons. The number of rotatable bonds is 14. The van der Waals surface area contributed by atoms with Gasteiger partial charge in [-0.15, -0.1) is 0 Å². The maximum atomic E-state index is 12.8. The van der Waals surface area contributed by atoms with Crippen molar-refractivity contribution in [2.24, 2.45) is 0 Å². The predicted octanol–water partition coefficient (Wildman–Crippen LogP) is 5.08. The highest BCUT2D eigenvalue weighted by Gasteiger charge is 2.39. The number of anilines is 2. The number of carbonyl (C=O) groups excluding carboxylic acids is 2. The van der Waals surface area contributed by atoms with Crippen LogP contribution in [0.4, 0.5) is 41.0 Å². The largest absolute Gasteiger partial charge is 0.481 e. The number of urea groups is 1. The van der Waals surface area contributed by atoms with Gasteiger partial charge in [-0.05, 0) is 25.0 Å². The van der Waals surface area contributed by atoms with Gasteiger partial charge >= 0.3 is 18.2 Å². The molecule has 18 nitrogen and oxygen atoms in total. The molecule has 1 heterocycles. The maximum Gasteiger partial charge on any atom is 0.416 e. The lowest BCUT2D eigenvalue weighted by molar-refractivity contribution is -0.393. The first-order valence-electron chi connectivity index (χ1n) is 14.6. The molecule has 3 aromatic rings. The number of hydrogen-bond acceptors (Lipinski definition) is 14. The van der Waals surface area contributed by atoms with E-state index in [2.05, 4.69) is 20.0 Å². The van der Waals surface area contributed by atoms with E-state index in [1.807, 2.05) is 11.6 Å². The number of nitrogens with zero attached hydrogens (tertiary/aromatic N) is 5. The molecule has 0 saturated heterocycles. The Hall–Kier alpha value is -5.80. The number of unbranched alkanes of at least 4 members (excludes halogenated alkanes) is 1. The highest BCUT2D eigenvalue weighted by molar-refractivity contribution is 7.89. The van der Waals surface area contributed by atoms with E-state index in [9.17, 15) is 51.4 Å². The molecule has 0 aliphatic heterocycles. The summed E-state index contributed by atoms with van der Waals surface area (Å²) in [7, 11) is -0.243. The second-order valence-corrected chi connectivity index (χ2v) is 11.8. The smallest absolute Gasteiger partial charge is 0.416 e. The first-order valence-corrected chi connectivity index (χ1v) is 16.3. The molecule has 0 bridgehead atoms. The molecule has 0 fully saturated rings. The fourth-order valence-electron chi connectivity index (χ4n) is 4.28. The molecule has 1 aromatic heterocycles. The third-order valence-corrected chi connectivity index (χ3v) is 7.80. The van der Waals surface area contributed by atoms with Gasteiger partial charge in [-0.2, -0.15) is 23.1 Å². The van der Waals surface area contributed by atoms with Crippen LogP contribution >= 0.6 is 0 Å². The normalized spacial score (nSPS) is 11.0. The van der Waals surface area contributed by atoms with Gasteiger partial charge in [0.15, 0.2) is 5.69 Å². The van der Waals surface area contributed by atoms with Crippen LogP contribution in [0, 0.1) is 20.2 Å². The lowest BCUT2D eigenvalue weighted by atomic mass is 10.1. The number of amides is 2. The number of carbonyl (C=O) groups is 2. The minimum atomic E-state index is -4.91. The quantitative estimate of drug-likeness (QED) is 0.124. The molecular formula is C29H34F3N7O11S. The number of esters is 1. The van der Waals surface area contributed by atoms with Crippen LogP contribution in [0.15, 0.2) is 42.5 Å². The van der Waals surface area contributed by atoms with Gasteiger partial charge in [0, 0.05) is 25.2 Å². The van der Waals surface area contributed by atoms with Crippen molar-refractivity contribution in [3.63, 3.8) is 0 Å². The Morgan fingerprint density at radius 1 is 0.941 bits per heavy atom. The van der Waals surface area contributed by atoms with Gasteiger partial charge in [0.25, 0.3) is 11.4 Å². The third kappa shape index (κ3) is 11.9. The molecule has 0 aliphatic carbocycles. The first kappa shape index (κ1) is 41.4. The number of halogens is 3. The van der Waals surface area contributed by atoms with E-state index >= 15 is 0 Å². The molecule has 0 spiro atoms. The molecule has 51 heavy (non-hydrogen) atoms. The number of methoxy groups -OCH3 is 3. The molecule has 0 radical (unpaired) electrons. The SMILES string of the molecule is CCCCN(CC)c1c([N+](=O)[O-])cc(C(F)(F)F)cc1[N+](=O)[O-].COC(=O)c1ccccc1CS(=O)(=O)NC(=O)Nc1nc(OC)cc(OC)n1. The van der Waals surface area contributed by atoms with Crippen LogP contribution in [0.2, 0.25) is 0 Å². The van der Waals surface area contributed by atoms with E-state index in [1.165, 1.54) is 44.4 Å². The van der Waals surface area contributed by atoms with Gasteiger partial charge in [-0.3, -0.25) is 25.5 Å². The molecule has 2 N–H and O–H groups in total. The van der Waals surface area contributed by atoms with Gasteiger partial charge in [0.2, 0.25) is 27.7 Å². The number of ether oxygens (including phenoxy) is 3. The summed E-state index contributed by atoms with van der Waals surface area (Å²) in [6.45, 7) is 3.97. The van der Waals surface area contributed by atoms with E-state index in [0.29, 0.717) is 18.6 Å². The number of nitro benzene ring substituents is 2. The zero-order valence-corrected chi connectivity index (χ0v) is 28.7. The summed E-state index contributed by atoms with van der Waals surface area (Å²) in [6, 6.07) is 6.97. The second kappa shape index (κ2) is 18.3. The van der Waals surface area contributed by atoms with E-state index in [4.69, 9.17) is 9.47 Å². The number of nitro groups is 2. The average Bonchev–Trinajstić information content (AvgIpc) is 3.07. The van der Waals surface area contributed by atoms with Crippen molar-refractivity contribution in [3.8, 4) is 11.8 Å². The van der Waals surface area contributed by atoms with Crippen LogP contribution in [-0.4, -0.2) is 74.7 Å².